The first-order chi connectivity index (χ1) is 9.06. The van der Waals surface area contributed by atoms with Crippen molar-refractivity contribution in [3.63, 3.8) is 0 Å². The summed E-state index contributed by atoms with van der Waals surface area (Å²) in [4.78, 5) is 0. The fourth-order valence-electron chi connectivity index (χ4n) is 3.64. The largest absolute Gasteiger partial charge is 0.507 e. The second-order valence-electron chi connectivity index (χ2n) is 5.60. The monoisotopic (exact) mass is 280 g/mol. The van der Waals surface area contributed by atoms with Crippen molar-refractivity contribution in [3.8, 4) is 5.75 Å². The van der Waals surface area contributed by atoms with Crippen LogP contribution in [0.3, 0.4) is 0 Å². The van der Waals surface area contributed by atoms with E-state index in [2.05, 4.69) is 0 Å². The molecule has 1 heterocycles. The molecule has 1 saturated carbocycles. The third-order valence-electron chi connectivity index (χ3n) is 4.70. The summed E-state index contributed by atoms with van der Waals surface area (Å²) in [5.74, 6) is 0.142. The Morgan fingerprint density at radius 2 is 1.63 bits per heavy atom. The van der Waals surface area contributed by atoms with Gasteiger partial charge in [-0.2, -0.15) is 0 Å². The number of fused-ring (bicyclic) bond motifs is 1. The van der Waals surface area contributed by atoms with Gasteiger partial charge in [-0.05, 0) is 39.1 Å². The molecule has 1 saturated heterocycles. The fraction of sp³-hybridized carbons (Fsp3) is 0.571. The first-order valence-corrected chi connectivity index (χ1v) is 8.53. The van der Waals surface area contributed by atoms with Crippen LogP contribution in [0.25, 0.3) is 0 Å². The van der Waals surface area contributed by atoms with Gasteiger partial charge in [0, 0.05) is 12.1 Å². The van der Waals surface area contributed by atoms with Gasteiger partial charge < -0.3 is 5.11 Å². The minimum atomic E-state index is -2.83. The van der Waals surface area contributed by atoms with E-state index in [9.17, 15) is 9.67 Å². The maximum absolute atomic E-state index is 13.6. The lowest BCUT2D eigenvalue weighted by Gasteiger charge is -2.28. The van der Waals surface area contributed by atoms with Crippen LogP contribution >= 0.6 is 7.44 Å². The summed E-state index contributed by atoms with van der Waals surface area (Å²) >= 11 is 0. The third-order valence-corrected chi connectivity index (χ3v) is 8.01. The topological polar surface area (TPSA) is 43.8 Å². The summed E-state index contributed by atoms with van der Waals surface area (Å²) in [5, 5.41) is 10.7. The molecule has 0 amide bonds. The highest BCUT2D eigenvalue weighted by Crippen LogP contribution is 2.61. The molecule has 1 aromatic carbocycles. The van der Waals surface area contributed by atoms with Gasteiger partial charge in [0.05, 0.1) is 5.30 Å². The van der Waals surface area contributed by atoms with E-state index in [-0.39, 0.29) is 5.75 Å². The van der Waals surface area contributed by atoms with Crippen molar-refractivity contribution in [2.24, 2.45) is 0 Å². The van der Waals surface area contributed by atoms with Gasteiger partial charge in [-0.1, -0.05) is 25.0 Å². The molecular formula is C14H21N2O2P. The molecule has 3 rings (SSSR count). The number of hydrogen-bond acceptors (Lipinski definition) is 2. The Morgan fingerprint density at radius 1 is 1.11 bits per heavy atom. The van der Waals surface area contributed by atoms with Crippen molar-refractivity contribution in [1.29, 1.82) is 0 Å². The summed E-state index contributed by atoms with van der Waals surface area (Å²) in [6, 6.07) is 7.74. The molecule has 2 fully saturated rings. The lowest BCUT2D eigenvalue weighted by Crippen LogP contribution is -2.37. The average molecular weight is 280 g/mol. The van der Waals surface area contributed by atoms with E-state index in [1.807, 2.05) is 29.5 Å². The van der Waals surface area contributed by atoms with Gasteiger partial charge in [0.25, 0.3) is 0 Å². The fourth-order valence-corrected chi connectivity index (χ4v) is 6.76. The van der Waals surface area contributed by atoms with Crippen LogP contribution in [-0.2, 0) is 4.57 Å². The van der Waals surface area contributed by atoms with E-state index in [0.29, 0.717) is 17.4 Å². The molecule has 5 heteroatoms. The lowest BCUT2D eigenvalue weighted by molar-refractivity contribution is 0.233. The number of nitrogens with zero attached hydrogens (tertiary/aromatic N) is 2. The summed E-state index contributed by atoms with van der Waals surface area (Å²) in [6.07, 6.45) is 4.62. The van der Waals surface area contributed by atoms with Crippen LogP contribution < -0.4 is 5.30 Å². The summed E-state index contributed by atoms with van der Waals surface area (Å²) < 4.78 is 17.6. The smallest absolute Gasteiger partial charge is 0.249 e. The Hall–Kier alpha value is -0.830. The molecule has 0 radical (unpaired) electrons. The zero-order valence-electron chi connectivity index (χ0n) is 11.5. The molecular weight excluding hydrogens is 259 g/mol. The van der Waals surface area contributed by atoms with E-state index in [1.165, 1.54) is 12.8 Å². The van der Waals surface area contributed by atoms with Gasteiger partial charge in [-0.25, -0.2) is 9.34 Å². The number of rotatable bonds is 1. The zero-order chi connectivity index (χ0) is 13.6. The molecule has 4 nitrogen and oxygen atoms in total. The van der Waals surface area contributed by atoms with Crippen molar-refractivity contribution in [1.82, 2.24) is 9.34 Å². The van der Waals surface area contributed by atoms with E-state index in [0.717, 1.165) is 12.8 Å². The highest BCUT2D eigenvalue weighted by Gasteiger charge is 2.53. The minimum Gasteiger partial charge on any atom is -0.507 e. The first kappa shape index (κ1) is 13.2. The van der Waals surface area contributed by atoms with Crippen molar-refractivity contribution in [2.45, 2.75) is 37.8 Å². The molecule has 1 aliphatic carbocycles. The Balaban J connectivity index is 2.08. The maximum Gasteiger partial charge on any atom is 0.249 e. The summed E-state index contributed by atoms with van der Waals surface area (Å²) in [6.45, 7) is 0. The SMILES string of the molecule is CN1[C@@H]2CCCC[C@H]2N(C)P1(=O)c1ccccc1O. The molecule has 0 bridgehead atoms. The van der Waals surface area contributed by atoms with Crippen molar-refractivity contribution < 1.29 is 9.67 Å². The van der Waals surface area contributed by atoms with Crippen LogP contribution in [-0.4, -0.2) is 40.6 Å². The molecule has 104 valence electrons. The summed E-state index contributed by atoms with van der Waals surface area (Å²) in [7, 11) is 1.06. The van der Waals surface area contributed by atoms with Crippen LogP contribution in [0.2, 0.25) is 0 Å². The quantitative estimate of drug-likeness (QED) is 0.802. The molecule has 1 aliphatic heterocycles. The van der Waals surface area contributed by atoms with Gasteiger partial charge in [0.1, 0.15) is 5.75 Å². The highest BCUT2D eigenvalue weighted by molar-refractivity contribution is 7.67. The molecule has 0 aromatic heterocycles. The number of phenolic OH excluding ortho intramolecular Hbond substituents is 1. The molecule has 19 heavy (non-hydrogen) atoms. The van der Waals surface area contributed by atoms with Crippen LogP contribution in [0.15, 0.2) is 24.3 Å². The number of aromatic hydroxyl groups is 1. The van der Waals surface area contributed by atoms with Crippen molar-refractivity contribution >= 4 is 12.7 Å². The lowest BCUT2D eigenvalue weighted by atomic mass is 9.91. The molecule has 0 spiro atoms. The second kappa shape index (κ2) is 4.62. The standard InChI is InChI=1S/C14H21N2O2P/c1-15-11-7-3-4-8-12(11)16(2)19(15,18)14-10-6-5-9-13(14)17/h5-6,9-12,17H,3-4,7-8H2,1-2H3/t11-,12-/m1/s1. The second-order valence-corrected chi connectivity index (χ2v) is 8.43. The van der Waals surface area contributed by atoms with E-state index in [1.54, 1.807) is 18.2 Å². The van der Waals surface area contributed by atoms with Gasteiger partial charge in [-0.15, -0.1) is 0 Å². The molecule has 1 N–H and O–H groups in total. The minimum absolute atomic E-state index is 0.142. The Kier molecular flexibility index (Phi) is 3.20. The number of likely N-dealkylation sites (N-methyl/N-ethyl adjacent to an activating group) is 2. The van der Waals surface area contributed by atoms with Gasteiger partial charge >= 0.3 is 0 Å². The predicted octanol–water partition coefficient (Wildman–Crippen LogP) is 2.40. The van der Waals surface area contributed by atoms with Crippen LogP contribution in [0.4, 0.5) is 0 Å². The van der Waals surface area contributed by atoms with Crippen molar-refractivity contribution in [2.75, 3.05) is 14.1 Å². The van der Waals surface area contributed by atoms with Gasteiger partial charge in [0.15, 0.2) is 0 Å². The van der Waals surface area contributed by atoms with Gasteiger partial charge in [-0.3, -0.25) is 4.57 Å². The Labute approximate surface area is 114 Å². The normalized spacial score (nSPS) is 31.3. The van der Waals surface area contributed by atoms with E-state index >= 15 is 0 Å². The Morgan fingerprint density at radius 3 is 2.16 bits per heavy atom. The molecule has 2 aliphatic rings. The first-order valence-electron chi connectivity index (χ1n) is 6.92. The van der Waals surface area contributed by atoms with E-state index < -0.39 is 7.44 Å². The predicted molar refractivity (Wildman–Crippen MR) is 76.9 cm³/mol. The number of benzene rings is 1. The highest BCUT2D eigenvalue weighted by atomic mass is 31.2. The third kappa shape index (κ3) is 1.78. The number of phenols is 1. The van der Waals surface area contributed by atoms with Gasteiger partial charge in [0.2, 0.25) is 7.44 Å². The maximum atomic E-state index is 13.6. The molecule has 1 aromatic rings. The molecule has 2 atom stereocenters. The van der Waals surface area contributed by atoms with E-state index in [4.69, 9.17) is 0 Å². The van der Waals surface area contributed by atoms with Crippen LogP contribution in [0, 0.1) is 0 Å². The van der Waals surface area contributed by atoms with Crippen molar-refractivity contribution in [3.05, 3.63) is 24.3 Å². The van der Waals surface area contributed by atoms with Crippen LogP contribution in [0.1, 0.15) is 25.7 Å². The zero-order valence-corrected chi connectivity index (χ0v) is 12.4. The number of hydrogen-bond donors (Lipinski definition) is 1. The summed E-state index contributed by atoms with van der Waals surface area (Å²) in [5.41, 5.74) is 0. The molecule has 0 unspecified atom stereocenters. The Bertz CT molecular complexity index is 512. The average Bonchev–Trinajstić information content (AvgIpc) is 2.63. The van der Waals surface area contributed by atoms with Crippen LogP contribution in [0.5, 0.6) is 5.75 Å². The number of para-hydroxylation sites is 1.